The van der Waals surface area contributed by atoms with Gasteiger partial charge in [0.15, 0.2) is 0 Å². The van der Waals surface area contributed by atoms with Crippen LogP contribution in [-0.2, 0) is 53.5 Å². The number of benzene rings is 1. The lowest BCUT2D eigenvalue weighted by atomic mass is 9.79. The number of amides is 1. The van der Waals surface area contributed by atoms with E-state index < -0.39 is 80.4 Å². The minimum Gasteiger partial charge on any atom is -0.352 e. The number of rotatable bonds is 3. The Morgan fingerprint density at radius 2 is 1.65 bits per heavy atom. The van der Waals surface area contributed by atoms with E-state index in [1.54, 1.807) is 0 Å². The first-order chi connectivity index (χ1) is 18.3. The van der Waals surface area contributed by atoms with E-state index in [-0.39, 0.29) is 13.0 Å². The number of carbonyl (C=O) groups is 1. The number of nitrogens with one attached hydrogen (secondary N) is 1. The van der Waals surface area contributed by atoms with E-state index in [0.717, 1.165) is 12.1 Å². The Morgan fingerprint density at radius 3 is 2.30 bits per heavy atom. The monoisotopic (exact) mass is 674 g/mol. The number of nitrogens with zero attached hydrogens (tertiary/aromatic N) is 1. The zero-order valence-corrected chi connectivity index (χ0v) is 24.1. The van der Waals surface area contributed by atoms with Crippen LogP contribution in [0.4, 0.5) is 5.69 Å². The zero-order chi connectivity index (χ0) is 30.0. The number of nitro groups is 1. The molecule has 27 heteroatoms. The summed E-state index contributed by atoms with van der Waals surface area (Å²) in [6.07, 6.45) is 1.40. The molecule has 1 fully saturated rings. The van der Waals surface area contributed by atoms with Gasteiger partial charge in [-0.1, -0.05) is 12.8 Å². The van der Waals surface area contributed by atoms with E-state index in [1.165, 1.54) is 0 Å². The molecule has 3 rings (SSSR count). The minimum atomic E-state index is -6.03. The van der Waals surface area contributed by atoms with Crippen LogP contribution in [0, 0.1) is 10.1 Å². The molecule has 2 heterocycles. The van der Waals surface area contributed by atoms with Crippen molar-refractivity contribution in [3.63, 3.8) is 0 Å². The van der Waals surface area contributed by atoms with Gasteiger partial charge in [0.1, 0.15) is 0 Å². The number of hydrogen-bond donors (Lipinski definition) is 5. The van der Waals surface area contributed by atoms with Gasteiger partial charge in [0.2, 0.25) is 0 Å². The predicted octanol–water partition coefficient (Wildman–Crippen LogP) is 2.23. The summed E-state index contributed by atoms with van der Waals surface area (Å²) in [5.74, 6) is -0.859. The fraction of sp³-hybridized carbons (Fsp3) is 0.462. The standard InChI is InChI=1S/C13H20BN2O19P5/c17-13-10-7-11(9-12(8-10)16(18)19)14-30-39(27,32-36(20,21)22)35-40(28,31-14)34-38(25,26)33-37(23,24)29-6-4-2-1-3-5-15-13/h7-9H,1-6H2,(H,15,17)(H,23,24)(H,25,26)(H2,20,21,22). The number of phosphoric acid groups is 5. The highest BCUT2D eigenvalue weighted by molar-refractivity contribution is 7.73. The first-order valence-corrected chi connectivity index (χ1v) is 18.1. The molecule has 224 valence electrons. The first-order valence-electron chi connectivity index (χ1n) is 10.6. The van der Waals surface area contributed by atoms with Crippen LogP contribution in [0.2, 0.25) is 0 Å². The largest absolute Gasteiger partial charge is 0.511 e. The molecular weight excluding hydrogens is 654 g/mol. The van der Waals surface area contributed by atoms with E-state index in [9.17, 15) is 47.5 Å². The molecule has 1 saturated heterocycles. The topological polar surface area (TPSA) is 303 Å². The van der Waals surface area contributed by atoms with Crippen molar-refractivity contribution < 1.29 is 82.8 Å². The maximum Gasteiger partial charge on any atom is 0.511 e. The fourth-order valence-electron chi connectivity index (χ4n) is 3.10. The van der Waals surface area contributed by atoms with Crippen LogP contribution in [-0.4, -0.2) is 50.7 Å². The van der Waals surface area contributed by atoms with Gasteiger partial charge < -0.3 is 33.8 Å². The van der Waals surface area contributed by atoms with Gasteiger partial charge in [-0.05, 0) is 24.4 Å². The van der Waals surface area contributed by atoms with Gasteiger partial charge in [-0.3, -0.25) is 19.4 Å². The lowest BCUT2D eigenvalue weighted by molar-refractivity contribution is -0.384. The molecule has 0 aromatic heterocycles. The predicted molar refractivity (Wildman–Crippen MR) is 129 cm³/mol. The number of nitro benzene ring substituents is 1. The molecule has 0 spiro atoms. The highest BCUT2D eigenvalue weighted by Gasteiger charge is 2.58. The molecule has 1 aromatic rings. The Kier molecular flexibility index (Phi) is 10.5. The summed E-state index contributed by atoms with van der Waals surface area (Å²) in [4.78, 5) is 60.9. The summed E-state index contributed by atoms with van der Waals surface area (Å²) in [5.41, 5.74) is -1.87. The smallest absolute Gasteiger partial charge is 0.352 e. The van der Waals surface area contributed by atoms with Gasteiger partial charge in [-0.2, -0.15) is 17.2 Å². The van der Waals surface area contributed by atoms with Crippen molar-refractivity contribution in [2.24, 2.45) is 0 Å². The van der Waals surface area contributed by atoms with Crippen molar-refractivity contribution in [3.05, 3.63) is 33.9 Å². The molecular formula is C13H20BN2O19P5. The summed E-state index contributed by atoms with van der Waals surface area (Å²) in [5, 5.41) is 13.9. The molecule has 4 bridgehead atoms. The lowest BCUT2D eigenvalue weighted by Crippen LogP contribution is -2.39. The van der Waals surface area contributed by atoms with Gasteiger partial charge in [-0.25, -0.2) is 22.8 Å². The molecule has 2 aliphatic heterocycles. The third-order valence-electron chi connectivity index (χ3n) is 4.56. The van der Waals surface area contributed by atoms with Crippen LogP contribution < -0.4 is 10.8 Å². The lowest BCUT2D eigenvalue weighted by Gasteiger charge is -2.31. The Labute approximate surface area is 224 Å². The second-order valence-electron chi connectivity index (χ2n) is 7.77. The van der Waals surface area contributed by atoms with Gasteiger partial charge in [0, 0.05) is 24.2 Å². The average molecular weight is 674 g/mol. The van der Waals surface area contributed by atoms with Crippen molar-refractivity contribution >= 4 is 63.3 Å². The van der Waals surface area contributed by atoms with Crippen molar-refractivity contribution in [2.75, 3.05) is 13.2 Å². The number of hydrogen-bond acceptors (Lipinski definition) is 15. The fourth-order valence-corrected chi connectivity index (χ4v) is 10.4. The Balaban J connectivity index is 2.11. The van der Waals surface area contributed by atoms with Crippen molar-refractivity contribution in [3.8, 4) is 0 Å². The zero-order valence-electron chi connectivity index (χ0n) is 19.6. The molecule has 0 radical (unpaired) electrons. The number of non-ortho nitro benzene ring substituents is 1. The second-order valence-corrected chi connectivity index (χ2v) is 15.7. The number of fused-ring (bicyclic) bond motifs is 5. The maximum absolute atomic E-state index is 13.1. The molecule has 5 N–H and O–H groups in total. The first kappa shape index (κ1) is 33.4. The molecule has 40 heavy (non-hydrogen) atoms. The van der Waals surface area contributed by atoms with Gasteiger partial charge in [0.25, 0.3) is 11.6 Å². The van der Waals surface area contributed by atoms with E-state index >= 15 is 0 Å². The second kappa shape index (κ2) is 12.6. The van der Waals surface area contributed by atoms with Crippen molar-refractivity contribution in [1.82, 2.24) is 5.32 Å². The van der Waals surface area contributed by atoms with Crippen LogP contribution in [0.3, 0.4) is 0 Å². The molecule has 4 unspecified atom stereocenters. The third-order valence-corrected chi connectivity index (χ3v) is 12.5. The molecule has 1 aromatic carbocycles. The Morgan fingerprint density at radius 1 is 0.975 bits per heavy atom. The van der Waals surface area contributed by atoms with Gasteiger partial charge >= 0.3 is 46.2 Å². The van der Waals surface area contributed by atoms with Crippen molar-refractivity contribution in [2.45, 2.75) is 25.7 Å². The van der Waals surface area contributed by atoms with E-state index in [2.05, 4.69) is 27.1 Å². The van der Waals surface area contributed by atoms with Crippen molar-refractivity contribution in [1.29, 1.82) is 0 Å². The SMILES string of the molecule is O=C1NCCCCCCOP(=O)(O)OP(=O)(O)OP2(=O)OB(OP(=O)(OP(=O)(O)O)O2)c2cc1cc([N+](=O)[O-])c2. The normalized spacial score (nSPS) is 33.2. The van der Waals surface area contributed by atoms with Gasteiger partial charge in [0.05, 0.1) is 11.5 Å². The van der Waals surface area contributed by atoms with E-state index in [4.69, 9.17) is 18.7 Å². The van der Waals surface area contributed by atoms with E-state index in [0.29, 0.717) is 25.3 Å². The maximum atomic E-state index is 13.1. The molecule has 21 nitrogen and oxygen atoms in total. The summed E-state index contributed by atoms with van der Waals surface area (Å²) in [6.45, 7) is -0.396. The summed E-state index contributed by atoms with van der Waals surface area (Å²) in [7, 11) is -31.5. The van der Waals surface area contributed by atoms with Crippen LogP contribution in [0.5, 0.6) is 0 Å². The summed E-state index contributed by atoms with van der Waals surface area (Å²) < 4.78 is 92.1. The Hall–Kier alpha value is -1.14. The summed E-state index contributed by atoms with van der Waals surface area (Å²) >= 11 is 0. The van der Waals surface area contributed by atoms with Crippen LogP contribution in [0.25, 0.3) is 0 Å². The number of phosphoric ester groups is 1. The van der Waals surface area contributed by atoms with Crippen LogP contribution in [0.15, 0.2) is 18.2 Å². The average Bonchev–Trinajstić information content (AvgIpc) is 2.75. The molecule has 0 saturated carbocycles. The van der Waals surface area contributed by atoms with E-state index in [1.807, 2.05) is 0 Å². The van der Waals surface area contributed by atoms with Crippen LogP contribution >= 0.6 is 39.1 Å². The molecule has 0 aliphatic carbocycles. The third kappa shape index (κ3) is 10.00. The summed E-state index contributed by atoms with van der Waals surface area (Å²) in [6, 6.07) is 2.28. The minimum absolute atomic E-state index is 0.0751. The highest BCUT2D eigenvalue weighted by atomic mass is 31.3. The quantitative estimate of drug-likeness (QED) is 0.133. The van der Waals surface area contributed by atoms with Gasteiger partial charge in [-0.15, -0.1) is 0 Å². The molecule has 1 amide bonds. The van der Waals surface area contributed by atoms with Crippen LogP contribution in [0.1, 0.15) is 36.0 Å². The number of carbonyl (C=O) groups excluding carboxylic acids is 1. The molecule has 4 atom stereocenters. The Bertz CT molecular complexity index is 1400. The molecule has 2 aliphatic rings. The highest BCUT2D eigenvalue weighted by Crippen LogP contribution is 2.78.